The minimum Gasteiger partial charge on any atom is -0.359 e. The quantitative estimate of drug-likeness (QED) is 0.762. The van der Waals surface area contributed by atoms with Gasteiger partial charge >= 0.3 is 0 Å². The van der Waals surface area contributed by atoms with Crippen LogP contribution in [0.15, 0.2) is 60.8 Å². The first-order valence-electron chi connectivity index (χ1n) is 6.76. The lowest BCUT2D eigenvalue weighted by Gasteiger charge is -2.00. The predicted molar refractivity (Wildman–Crippen MR) is 87.2 cm³/mol. The summed E-state index contributed by atoms with van der Waals surface area (Å²) < 4.78 is 0. The number of hydrogen-bond donors (Lipinski definition) is 1. The second-order valence-electron chi connectivity index (χ2n) is 5.06. The number of anilines is 1. The second-order valence-corrected chi connectivity index (χ2v) is 6.03. The highest BCUT2D eigenvalue weighted by molar-refractivity contribution is 7.17. The fourth-order valence-corrected chi connectivity index (χ4v) is 3.34. The van der Waals surface area contributed by atoms with Crippen LogP contribution in [0.2, 0.25) is 0 Å². The topological polar surface area (TPSA) is 37.8 Å². The van der Waals surface area contributed by atoms with E-state index in [4.69, 9.17) is 0 Å². The van der Waals surface area contributed by atoms with Crippen LogP contribution in [0.5, 0.6) is 0 Å². The van der Waals surface area contributed by atoms with E-state index >= 15 is 0 Å². The Morgan fingerprint density at radius 1 is 0.952 bits per heavy atom. The second kappa shape index (κ2) is 4.82. The van der Waals surface area contributed by atoms with Gasteiger partial charge in [0.05, 0.1) is 0 Å². The number of benzene rings is 2. The van der Waals surface area contributed by atoms with E-state index in [2.05, 4.69) is 52.4 Å². The average molecular weight is 291 g/mol. The molecule has 0 unspecified atom stereocenters. The molecule has 0 radical (unpaired) electrons. The van der Waals surface area contributed by atoms with Gasteiger partial charge in [-0.15, -0.1) is 10.2 Å². The van der Waals surface area contributed by atoms with Gasteiger partial charge in [-0.2, -0.15) is 0 Å². The highest BCUT2D eigenvalue weighted by Gasteiger charge is 2.15. The van der Waals surface area contributed by atoms with Crippen molar-refractivity contribution in [1.82, 2.24) is 10.2 Å². The zero-order valence-electron chi connectivity index (χ0n) is 11.3. The molecule has 4 rings (SSSR count). The SMILES string of the molecule is C=C1Cc2cc(-c3nnc(-c4ccccc4)s3)ccc2N1. The van der Waals surface area contributed by atoms with E-state index < -0.39 is 0 Å². The van der Waals surface area contributed by atoms with Crippen molar-refractivity contribution in [1.29, 1.82) is 0 Å². The molecule has 0 atom stereocenters. The summed E-state index contributed by atoms with van der Waals surface area (Å²) in [6.07, 6.45) is 0.882. The average Bonchev–Trinajstić information content (AvgIpc) is 3.12. The molecule has 0 saturated carbocycles. The Hall–Kier alpha value is -2.46. The summed E-state index contributed by atoms with van der Waals surface area (Å²) in [5, 5.41) is 13.8. The predicted octanol–water partition coefficient (Wildman–Crippen LogP) is 4.35. The van der Waals surface area contributed by atoms with Gasteiger partial charge in [0.25, 0.3) is 0 Å². The van der Waals surface area contributed by atoms with E-state index in [-0.39, 0.29) is 0 Å². The summed E-state index contributed by atoms with van der Waals surface area (Å²) in [6, 6.07) is 16.5. The molecule has 2 heterocycles. The van der Waals surface area contributed by atoms with Crippen LogP contribution in [0.3, 0.4) is 0 Å². The third-order valence-electron chi connectivity index (χ3n) is 3.51. The Labute approximate surface area is 127 Å². The van der Waals surface area contributed by atoms with Crippen molar-refractivity contribution in [2.75, 3.05) is 5.32 Å². The van der Waals surface area contributed by atoms with Crippen molar-refractivity contribution in [3.63, 3.8) is 0 Å². The lowest BCUT2D eigenvalue weighted by molar-refractivity contribution is 1.10. The van der Waals surface area contributed by atoms with Crippen LogP contribution >= 0.6 is 11.3 Å². The number of nitrogens with zero attached hydrogens (tertiary/aromatic N) is 2. The van der Waals surface area contributed by atoms with Crippen LogP contribution in [0.1, 0.15) is 5.56 Å². The lowest BCUT2D eigenvalue weighted by atomic mass is 10.1. The van der Waals surface area contributed by atoms with Gasteiger partial charge in [0.2, 0.25) is 0 Å². The Balaban J connectivity index is 1.71. The van der Waals surface area contributed by atoms with Gasteiger partial charge < -0.3 is 5.32 Å². The van der Waals surface area contributed by atoms with Gasteiger partial charge in [0.15, 0.2) is 0 Å². The molecule has 0 bridgehead atoms. The highest BCUT2D eigenvalue weighted by Crippen LogP contribution is 2.34. The third kappa shape index (κ3) is 2.23. The van der Waals surface area contributed by atoms with Crippen LogP contribution in [-0.4, -0.2) is 10.2 Å². The minimum atomic E-state index is 0.882. The van der Waals surface area contributed by atoms with Crippen LogP contribution < -0.4 is 5.32 Å². The van der Waals surface area contributed by atoms with Gasteiger partial charge in [0.1, 0.15) is 10.0 Å². The molecule has 0 saturated heterocycles. The molecule has 1 aromatic heterocycles. The molecule has 21 heavy (non-hydrogen) atoms. The molecule has 2 aromatic carbocycles. The molecule has 0 spiro atoms. The number of hydrogen-bond acceptors (Lipinski definition) is 4. The van der Waals surface area contributed by atoms with Gasteiger partial charge in [-0.05, 0) is 23.8 Å². The van der Waals surface area contributed by atoms with Crippen molar-refractivity contribution >= 4 is 17.0 Å². The maximum atomic E-state index is 4.33. The van der Waals surface area contributed by atoms with Crippen molar-refractivity contribution < 1.29 is 0 Å². The summed E-state index contributed by atoms with van der Waals surface area (Å²) in [6.45, 7) is 3.98. The summed E-state index contributed by atoms with van der Waals surface area (Å²) in [5.74, 6) is 0. The van der Waals surface area contributed by atoms with Gasteiger partial charge in [0, 0.05) is 28.9 Å². The van der Waals surface area contributed by atoms with Crippen LogP contribution in [0.25, 0.3) is 21.1 Å². The Kier molecular flexibility index (Phi) is 2.82. The maximum absolute atomic E-state index is 4.33. The van der Waals surface area contributed by atoms with E-state index in [1.54, 1.807) is 11.3 Å². The van der Waals surface area contributed by atoms with Gasteiger partial charge in [-0.1, -0.05) is 48.2 Å². The van der Waals surface area contributed by atoms with Crippen molar-refractivity contribution in [2.24, 2.45) is 0 Å². The Morgan fingerprint density at radius 3 is 2.52 bits per heavy atom. The van der Waals surface area contributed by atoms with Crippen molar-refractivity contribution in [3.05, 3.63) is 66.4 Å². The summed E-state index contributed by atoms with van der Waals surface area (Å²) in [5.41, 5.74) is 5.69. The number of fused-ring (bicyclic) bond motifs is 1. The van der Waals surface area contributed by atoms with E-state index in [0.717, 1.165) is 38.9 Å². The van der Waals surface area contributed by atoms with Gasteiger partial charge in [-0.25, -0.2) is 0 Å². The number of rotatable bonds is 2. The molecule has 1 N–H and O–H groups in total. The standard InChI is InChI=1S/C17H13N3S/c1-11-9-14-10-13(7-8-15(14)18-11)17-20-19-16(21-17)12-5-3-2-4-6-12/h2-8,10,18H,1,9H2. The molecule has 102 valence electrons. The molecular weight excluding hydrogens is 278 g/mol. The number of nitrogens with one attached hydrogen (secondary N) is 1. The van der Waals surface area contributed by atoms with Crippen LogP contribution in [0, 0.1) is 0 Å². The summed E-state index contributed by atoms with van der Waals surface area (Å²) in [7, 11) is 0. The molecule has 0 fully saturated rings. The Morgan fingerprint density at radius 2 is 1.71 bits per heavy atom. The first-order valence-corrected chi connectivity index (χ1v) is 7.58. The third-order valence-corrected chi connectivity index (χ3v) is 4.53. The van der Waals surface area contributed by atoms with Gasteiger partial charge in [-0.3, -0.25) is 0 Å². The number of aromatic nitrogens is 2. The summed E-state index contributed by atoms with van der Waals surface area (Å²) in [4.78, 5) is 0. The molecule has 0 amide bonds. The van der Waals surface area contributed by atoms with Crippen molar-refractivity contribution in [2.45, 2.75) is 6.42 Å². The fourth-order valence-electron chi connectivity index (χ4n) is 2.50. The molecule has 3 nitrogen and oxygen atoms in total. The van der Waals surface area contributed by atoms with Crippen molar-refractivity contribution in [3.8, 4) is 21.1 Å². The number of allylic oxidation sites excluding steroid dienone is 1. The lowest BCUT2D eigenvalue weighted by Crippen LogP contribution is -1.87. The summed E-state index contributed by atoms with van der Waals surface area (Å²) >= 11 is 1.62. The molecule has 1 aliphatic rings. The van der Waals surface area contributed by atoms with E-state index in [1.165, 1.54) is 5.56 Å². The molecule has 0 aliphatic carbocycles. The van der Waals surface area contributed by atoms with Crippen LogP contribution in [0.4, 0.5) is 5.69 Å². The first-order chi connectivity index (χ1) is 10.3. The Bertz CT molecular complexity index is 821. The van der Waals surface area contributed by atoms with E-state index in [9.17, 15) is 0 Å². The molecule has 3 aromatic rings. The molecular formula is C17H13N3S. The van der Waals surface area contributed by atoms with Crippen LogP contribution in [-0.2, 0) is 6.42 Å². The molecule has 4 heteroatoms. The zero-order valence-corrected chi connectivity index (χ0v) is 12.2. The molecule has 1 aliphatic heterocycles. The smallest absolute Gasteiger partial charge is 0.148 e. The zero-order chi connectivity index (χ0) is 14.2. The minimum absolute atomic E-state index is 0.882. The van der Waals surface area contributed by atoms with E-state index in [1.807, 2.05) is 18.2 Å². The fraction of sp³-hybridized carbons (Fsp3) is 0.0588. The maximum Gasteiger partial charge on any atom is 0.148 e. The monoisotopic (exact) mass is 291 g/mol. The highest BCUT2D eigenvalue weighted by atomic mass is 32.1. The largest absolute Gasteiger partial charge is 0.359 e. The first kappa shape index (κ1) is 12.3. The normalized spacial score (nSPS) is 13.0. The van der Waals surface area contributed by atoms with E-state index in [0.29, 0.717) is 0 Å².